The lowest BCUT2D eigenvalue weighted by Crippen LogP contribution is -2.25. The number of benzene rings is 1. The van der Waals surface area contributed by atoms with Crippen LogP contribution in [-0.2, 0) is 6.42 Å². The first-order valence-electron chi connectivity index (χ1n) is 6.84. The minimum Gasteiger partial charge on any atom is -0.317 e. The summed E-state index contributed by atoms with van der Waals surface area (Å²) >= 11 is 0. The lowest BCUT2D eigenvalue weighted by atomic mass is 9.98. The highest BCUT2D eigenvalue weighted by Crippen LogP contribution is 2.19. The lowest BCUT2D eigenvalue weighted by molar-refractivity contribution is 0.484. The van der Waals surface area contributed by atoms with Crippen LogP contribution in [0.15, 0.2) is 36.7 Å². The summed E-state index contributed by atoms with van der Waals surface area (Å²) < 4.78 is 0. The first-order chi connectivity index (χ1) is 8.85. The Morgan fingerprint density at radius 3 is 2.89 bits per heavy atom. The van der Waals surface area contributed by atoms with Gasteiger partial charge in [-0.2, -0.15) is 0 Å². The average Bonchev–Trinajstić information content (AvgIpc) is 2.43. The number of fused-ring (bicyclic) bond motifs is 1. The summed E-state index contributed by atoms with van der Waals surface area (Å²) in [7, 11) is 2.06. The molecular formula is C16H22N2. The number of nitrogens with zero attached hydrogens (tertiary/aromatic N) is 1. The van der Waals surface area contributed by atoms with Crippen molar-refractivity contribution in [2.75, 3.05) is 7.05 Å². The topological polar surface area (TPSA) is 24.9 Å². The molecule has 0 aliphatic carbocycles. The standard InChI is InChI=1S/C16H22N2/c1-3-5-15(17-2)9-8-13-6-4-7-14-10-11-18-12-16(13)14/h4,6-7,10-12,15,17H,3,5,8-9H2,1-2H3. The molecule has 1 N–H and O–H groups in total. The van der Waals surface area contributed by atoms with Gasteiger partial charge in [-0.25, -0.2) is 0 Å². The second kappa shape index (κ2) is 6.50. The van der Waals surface area contributed by atoms with Gasteiger partial charge in [-0.15, -0.1) is 0 Å². The zero-order valence-electron chi connectivity index (χ0n) is 11.3. The van der Waals surface area contributed by atoms with E-state index in [1.807, 2.05) is 12.4 Å². The molecule has 0 spiro atoms. The maximum Gasteiger partial charge on any atom is 0.0349 e. The van der Waals surface area contributed by atoms with Gasteiger partial charge in [-0.1, -0.05) is 31.5 Å². The Hall–Kier alpha value is -1.41. The van der Waals surface area contributed by atoms with E-state index in [-0.39, 0.29) is 0 Å². The Bertz CT molecular complexity index is 488. The summed E-state index contributed by atoms with van der Waals surface area (Å²) in [5.41, 5.74) is 1.41. The summed E-state index contributed by atoms with van der Waals surface area (Å²) in [6.45, 7) is 2.24. The van der Waals surface area contributed by atoms with Crippen LogP contribution in [0.25, 0.3) is 10.8 Å². The minimum atomic E-state index is 0.627. The summed E-state index contributed by atoms with van der Waals surface area (Å²) in [6, 6.07) is 9.24. The molecule has 1 aromatic heterocycles. The molecule has 96 valence electrons. The molecule has 1 heterocycles. The molecule has 18 heavy (non-hydrogen) atoms. The largest absolute Gasteiger partial charge is 0.317 e. The zero-order valence-corrected chi connectivity index (χ0v) is 11.3. The Balaban J connectivity index is 2.11. The van der Waals surface area contributed by atoms with E-state index in [4.69, 9.17) is 0 Å². The molecule has 0 bridgehead atoms. The molecule has 0 saturated heterocycles. The predicted molar refractivity (Wildman–Crippen MR) is 77.8 cm³/mol. The van der Waals surface area contributed by atoms with Crippen LogP contribution in [0.4, 0.5) is 0 Å². The van der Waals surface area contributed by atoms with Crippen molar-refractivity contribution >= 4 is 10.8 Å². The minimum absolute atomic E-state index is 0.627. The molecule has 0 aliphatic rings. The van der Waals surface area contributed by atoms with Gasteiger partial charge in [-0.3, -0.25) is 4.98 Å². The Morgan fingerprint density at radius 2 is 2.11 bits per heavy atom. The van der Waals surface area contributed by atoms with Crippen molar-refractivity contribution in [1.29, 1.82) is 0 Å². The molecule has 1 atom stereocenters. The monoisotopic (exact) mass is 242 g/mol. The van der Waals surface area contributed by atoms with Crippen LogP contribution in [0.3, 0.4) is 0 Å². The molecule has 2 rings (SSSR count). The Kier molecular flexibility index (Phi) is 4.71. The van der Waals surface area contributed by atoms with Gasteiger partial charge < -0.3 is 5.32 Å². The third-order valence-corrected chi connectivity index (χ3v) is 3.58. The summed E-state index contributed by atoms with van der Waals surface area (Å²) in [6.07, 6.45) is 8.65. The van der Waals surface area contributed by atoms with Crippen molar-refractivity contribution in [2.24, 2.45) is 0 Å². The molecule has 0 aliphatic heterocycles. The van der Waals surface area contributed by atoms with Crippen molar-refractivity contribution in [3.05, 3.63) is 42.2 Å². The number of nitrogens with one attached hydrogen (secondary N) is 1. The highest BCUT2D eigenvalue weighted by atomic mass is 14.9. The third kappa shape index (κ3) is 3.08. The van der Waals surface area contributed by atoms with Gasteiger partial charge in [-0.05, 0) is 43.3 Å². The van der Waals surface area contributed by atoms with E-state index < -0.39 is 0 Å². The van der Waals surface area contributed by atoms with Crippen molar-refractivity contribution < 1.29 is 0 Å². The van der Waals surface area contributed by atoms with Crippen LogP contribution < -0.4 is 5.32 Å². The summed E-state index contributed by atoms with van der Waals surface area (Å²) in [4.78, 5) is 4.24. The van der Waals surface area contributed by atoms with Gasteiger partial charge in [0, 0.05) is 23.8 Å². The molecule has 0 radical (unpaired) electrons. The molecule has 1 unspecified atom stereocenters. The maximum atomic E-state index is 4.24. The van der Waals surface area contributed by atoms with Crippen LogP contribution in [0.5, 0.6) is 0 Å². The zero-order chi connectivity index (χ0) is 12.8. The van der Waals surface area contributed by atoms with E-state index in [0.717, 1.165) is 6.42 Å². The lowest BCUT2D eigenvalue weighted by Gasteiger charge is -2.15. The highest BCUT2D eigenvalue weighted by Gasteiger charge is 2.06. The number of pyridine rings is 1. The van der Waals surface area contributed by atoms with E-state index in [1.54, 1.807) is 0 Å². The molecule has 2 nitrogen and oxygen atoms in total. The summed E-state index contributed by atoms with van der Waals surface area (Å²) in [5, 5.41) is 5.99. The normalized spacial score (nSPS) is 12.8. The van der Waals surface area contributed by atoms with Crippen LogP contribution in [0.2, 0.25) is 0 Å². The first kappa shape index (κ1) is 13.0. The van der Waals surface area contributed by atoms with Crippen LogP contribution in [0, 0.1) is 0 Å². The van der Waals surface area contributed by atoms with Gasteiger partial charge in [0.2, 0.25) is 0 Å². The fourth-order valence-electron chi connectivity index (χ4n) is 2.51. The molecule has 0 saturated carbocycles. The van der Waals surface area contributed by atoms with E-state index in [9.17, 15) is 0 Å². The smallest absolute Gasteiger partial charge is 0.0349 e. The van der Waals surface area contributed by atoms with Crippen molar-refractivity contribution in [2.45, 2.75) is 38.6 Å². The fourth-order valence-corrected chi connectivity index (χ4v) is 2.51. The van der Waals surface area contributed by atoms with Crippen LogP contribution >= 0.6 is 0 Å². The van der Waals surface area contributed by atoms with Gasteiger partial charge in [0.05, 0.1) is 0 Å². The number of rotatable bonds is 6. The van der Waals surface area contributed by atoms with Crippen molar-refractivity contribution in [3.63, 3.8) is 0 Å². The van der Waals surface area contributed by atoms with E-state index in [1.165, 1.54) is 35.6 Å². The SMILES string of the molecule is CCCC(CCc1cccc2ccncc12)NC. The van der Waals surface area contributed by atoms with E-state index >= 15 is 0 Å². The number of aryl methyl sites for hydroxylation is 1. The molecule has 1 aromatic carbocycles. The van der Waals surface area contributed by atoms with Gasteiger partial charge in [0.1, 0.15) is 0 Å². The average molecular weight is 242 g/mol. The second-order valence-electron chi connectivity index (χ2n) is 4.83. The number of hydrogen-bond acceptors (Lipinski definition) is 2. The first-order valence-corrected chi connectivity index (χ1v) is 6.84. The van der Waals surface area contributed by atoms with Crippen LogP contribution in [-0.4, -0.2) is 18.1 Å². The maximum absolute atomic E-state index is 4.24. The number of hydrogen-bond donors (Lipinski definition) is 1. The molecule has 0 fully saturated rings. The Labute approximate surface area is 109 Å². The molecular weight excluding hydrogens is 220 g/mol. The van der Waals surface area contributed by atoms with Crippen molar-refractivity contribution in [3.8, 4) is 0 Å². The van der Waals surface area contributed by atoms with E-state index in [0.29, 0.717) is 6.04 Å². The molecule has 2 aromatic rings. The molecule has 0 amide bonds. The molecule has 2 heteroatoms. The third-order valence-electron chi connectivity index (χ3n) is 3.58. The van der Waals surface area contributed by atoms with E-state index in [2.05, 4.69) is 48.5 Å². The second-order valence-corrected chi connectivity index (χ2v) is 4.83. The summed E-state index contributed by atoms with van der Waals surface area (Å²) in [5.74, 6) is 0. The fraction of sp³-hybridized carbons (Fsp3) is 0.438. The van der Waals surface area contributed by atoms with Crippen LogP contribution in [0.1, 0.15) is 31.7 Å². The quantitative estimate of drug-likeness (QED) is 0.838. The van der Waals surface area contributed by atoms with Crippen molar-refractivity contribution in [1.82, 2.24) is 10.3 Å². The predicted octanol–water partition coefficient (Wildman–Crippen LogP) is 3.56. The highest BCUT2D eigenvalue weighted by molar-refractivity contribution is 5.84. The Morgan fingerprint density at radius 1 is 1.22 bits per heavy atom. The van der Waals surface area contributed by atoms with Gasteiger partial charge >= 0.3 is 0 Å². The number of aromatic nitrogens is 1. The van der Waals surface area contributed by atoms with Gasteiger partial charge in [0.15, 0.2) is 0 Å². The van der Waals surface area contributed by atoms with Gasteiger partial charge in [0.25, 0.3) is 0 Å².